The van der Waals surface area contributed by atoms with Crippen molar-refractivity contribution in [3.63, 3.8) is 0 Å². The number of anilines is 2. The van der Waals surface area contributed by atoms with E-state index in [1.165, 1.54) is 16.9 Å². The maximum Gasteiger partial charge on any atom is 0.219 e. The number of rotatable bonds is 5. The van der Waals surface area contributed by atoms with Crippen LogP contribution in [0.2, 0.25) is 0 Å². The monoisotopic (exact) mass is 429 g/mol. The van der Waals surface area contributed by atoms with Crippen molar-refractivity contribution < 1.29 is 4.79 Å². The van der Waals surface area contributed by atoms with Gasteiger partial charge in [-0.25, -0.2) is 9.97 Å². The van der Waals surface area contributed by atoms with Crippen LogP contribution in [-0.2, 0) is 24.2 Å². The molecule has 3 heterocycles. The largest absolute Gasteiger partial charge is 0.342 e. The van der Waals surface area contributed by atoms with Gasteiger partial charge in [0.25, 0.3) is 0 Å². The molecule has 0 bridgehead atoms. The van der Waals surface area contributed by atoms with Gasteiger partial charge in [0.2, 0.25) is 5.91 Å². The van der Waals surface area contributed by atoms with Crippen LogP contribution in [0.15, 0.2) is 48.8 Å². The number of nitrogens with one attached hydrogen (secondary N) is 1. The van der Waals surface area contributed by atoms with Crippen LogP contribution in [0.1, 0.15) is 29.3 Å². The molecule has 3 aromatic heterocycles. The van der Waals surface area contributed by atoms with Crippen LogP contribution >= 0.6 is 11.3 Å². The molecular weight excluding hydrogens is 406 g/mol. The van der Waals surface area contributed by atoms with Crippen molar-refractivity contribution in [2.75, 3.05) is 12.4 Å². The second-order valence-electron chi connectivity index (χ2n) is 7.88. The molecule has 0 unspecified atom stereocenters. The molecule has 5 rings (SSSR count). The number of fused-ring (bicyclic) bond motifs is 3. The molecule has 0 saturated carbocycles. The summed E-state index contributed by atoms with van der Waals surface area (Å²) < 4.78 is 0. The lowest BCUT2D eigenvalue weighted by molar-refractivity contribution is -0.128. The first-order valence-corrected chi connectivity index (χ1v) is 11.2. The van der Waals surface area contributed by atoms with E-state index in [0.717, 1.165) is 45.7 Å². The van der Waals surface area contributed by atoms with Crippen molar-refractivity contribution in [2.24, 2.45) is 0 Å². The molecule has 4 aromatic rings. The highest BCUT2D eigenvalue weighted by atomic mass is 32.1. The summed E-state index contributed by atoms with van der Waals surface area (Å²) in [6, 6.07) is 12.0. The van der Waals surface area contributed by atoms with E-state index in [0.29, 0.717) is 12.4 Å². The van der Waals surface area contributed by atoms with Crippen LogP contribution in [0, 0.1) is 0 Å². The molecule has 156 valence electrons. The van der Waals surface area contributed by atoms with Gasteiger partial charge < -0.3 is 10.2 Å². The van der Waals surface area contributed by atoms with Crippen molar-refractivity contribution >= 4 is 39.0 Å². The summed E-state index contributed by atoms with van der Waals surface area (Å²) in [5.74, 6) is 1.56. The van der Waals surface area contributed by atoms with Crippen LogP contribution < -0.4 is 5.32 Å². The highest BCUT2D eigenvalue weighted by molar-refractivity contribution is 7.19. The average Bonchev–Trinajstić information content (AvgIpc) is 3.35. The fourth-order valence-corrected chi connectivity index (χ4v) is 5.24. The summed E-state index contributed by atoms with van der Waals surface area (Å²) >= 11 is 1.78. The predicted molar refractivity (Wildman–Crippen MR) is 125 cm³/mol. The first-order valence-electron chi connectivity index (χ1n) is 10.4. The number of amides is 1. The summed E-state index contributed by atoms with van der Waals surface area (Å²) in [4.78, 5) is 29.8. The topological polar surface area (TPSA) is 71.0 Å². The minimum absolute atomic E-state index is 0.0471. The highest BCUT2D eigenvalue weighted by Crippen LogP contribution is 2.41. The van der Waals surface area contributed by atoms with Gasteiger partial charge in [-0.2, -0.15) is 0 Å². The van der Waals surface area contributed by atoms with E-state index in [4.69, 9.17) is 9.97 Å². The molecule has 0 radical (unpaired) electrons. The number of aromatic nitrogens is 3. The van der Waals surface area contributed by atoms with Gasteiger partial charge in [0.1, 0.15) is 10.6 Å². The van der Waals surface area contributed by atoms with Gasteiger partial charge in [0.05, 0.1) is 5.39 Å². The van der Waals surface area contributed by atoms with Gasteiger partial charge in [0.15, 0.2) is 5.82 Å². The maximum atomic E-state index is 11.6. The number of benzene rings is 1. The maximum absolute atomic E-state index is 11.6. The normalized spacial score (nSPS) is 12.7. The summed E-state index contributed by atoms with van der Waals surface area (Å²) in [6.45, 7) is 2.15. The van der Waals surface area contributed by atoms with E-state index in [2.05, 4.69) is 16.4 Å². The molecule has 0 fully saturated rings. The lowest BCUT2D eigenvalue weighted by atomic mass is 10.1. The Morgan fingerprint density at radius 3 is 2.90 bits per heavy atom. The number of pyridine rings is 1. The number of hydrogen-bond acceptors (Lipinski definition) is 6. The SMILES string of the molecule is CC(=O)N(C)Cc1cccc(Nc2nc(-c3cccnc3)nc3sc4c(c23)CCC4)c1. The lowest BCUT2D eigenvalue weighted by Gasteiger charge is -2.16. The summed E-state index contributed by atoms with van der Waals surface area (Å²) in [5.41, 5.74) is 4.30. The Morgan fingerprint density at radius 2 is 2.10 bits per heavy atom. The zero-order chi connectivity index (χ0) is 21.4. The van der Waals surface area contributed by atoms with E-state index >= 15 is 0 Å². The minimum atomic E-state index is 0.0471. The molecule has 1 aliphatic rings. The highest BCUT2D eigenvalue weighted by Gasteiger charge is 2.23. The summed E-state index contributed by atoms with van der Waals surface area (Å²) in [5, 5.41) is 4.68. The second kappa shape index (κ2) is 8.07. The van der Waals surface area contributed by atoms with Crippen molar-refractivity contribution in [3.8, 4) is 11.4 Å². The first kappa shape index (κ1) is 19.6. The fraction of sp³-hybridized carbons (Fsp3) is 0.250. The number of aryl methyl sites for hydroxylation is 2. The number of hydrogen-bond donors (Lipinski definition) is 1. The fourth-order valence-electron chi connectivity index (χ4n) is 3.98. The zero-order valence-electron chi connectivity index (χ0n) is 17.6. The Hall–Kier alpha value is -3.32. The van der Waals surface area contributed by atoms with Crippen molar-refractivity contribution in [1.82, 2.24) is 19.9 Å². The Morgan fingerprint density at radius 1 is 1.19 bits per heavy atom. The van der Waals surface area contributed by atoms with Gasteiger partial charge >= 0.3 is 0 Å². The van der Waals surface area contributed by atoms with Gasteiger partial charge in [-0.15, -0.1) is 11.3 Å². The van der Waals surface area contributed by atoms with Crippen LogP contribution in [-0.4, -0.2) is 32.8 Å². The van der Waals surface area contributed by atoms with Crippen LogP contribution in [0.3, 0.4) is 0 Å². The van der Waals surface area contributed by atoms with Crippen LogP contribution in [0.25, 0.3) is 21.6 Å². The van der Waals surface area contributed by atoms with Crippen molar-refractivity contribution in [1.29, 1.82) is 0 Å². The van der Waals surface area contributed by atoms with Crippen LogP contribution in [0.5, 0.6) is 0 Å². The molecule has 1 N–H and O–H groups in total. The molecule has 0 atom stereocenters. The first-order chi connectivity index (χ1) is 15.1. The van der Waals surface area contributed by atoms with E-state index in [-0.39, 0.29) is 5.91 Å². The number of carbonyl (C=O) groups is 1. The molecule has 0 saturated heterocycles. The molecule has 1 aliphatic carbocycles. The average molecular weight is 430 g/mol. The third-order valence-corrected chi connectivity index (χ3v) is 6.82. The van der Waals surface area contributed by atoms with Gasteiger partial charge in [-0.1, -0.05) is 12.1 Å². The number of nitrogens with zero attached hydrogens (tertiary/aromatic N) is 4. The number of carbonyl (C=O) groups excluding carboxylic acids is 1. The molecule has 1 aromatic carbocycles. The molecule has 1 amide bonds. The second-order valence-corrected chi connectivity index (χ2v) is 8.96. The van der Waals surface area contributed by atoms with Gasteiger partial charge in [0, 0.05) is 49.0 Å². The minimum Gasteiger partial charge on any atom is -0.342 e. The molecule has 7 heteroatoms. The zero-order valence-corrected chi connectivity index (χ0v) is 18.4. The van der Waals surface area contributed by atoms with Crippen LogP contribution in [0.4, 0.5) is 11.5 Å². The van der Waals surface area contributed by atoms with E-state index in [1.54, 1.807) is 35.6 Å². The smallest absolute Gasteiger partial charge is 0.219 e. The summed E-state index contributed by atoms with van der Waals surface area (Å²) in [7, 11) is 1.81. The Bertz CT molecular complexity index is 1270. The van der Waals surface area contributed by atoms with E-state index in [9.17, 15) is 4.79 Å². The molecule has 0 spiro atoms. The summed E-state index contributed by atoms with van der Waals surface area (Å²) in [6.07, 6.45) is 6.93. The van der Waals surface area contributed by atoms with Crippen molar-refractivity contribution in [2.45, 2.75) is 32.7 Å². The molecule has 6 nitrogen and oxygen atoms in total. The molecule has 0 aliphatic heterocycles. The quantitative estimate of drug-likeness (QED) is 0.485. The molecule has 31 heavy (non-hydrogen) atoms. The molecular formula is C24H23N5OS. The van der Waals surface area contributed by atoms with E-state index < -0.39 is 0 Å². The standard InChI is InChI=1S/C24H23N5OS/c1-15(30)29(2)14-16-6-3-8-18(12-16)26-23-21-19-9-4-10-20(19)31-24(21)28-22(27-23)17-7-5-11-25-13-17/h3,5-8,11-13H,4,9-10,14H2,1-2H3,(H,26,27,28). The van der Waals surface area contributed by atoms with Crippen molar-refractivity contribution in [3.05, 3.63) is 64.8 Å². The van der Waals surface area contributed by atoms with Gasteiger partial charge in [-0.05, 0) is 54.7 Å². The third kappa shape index (κ3) is 3.88. The number of thiophene rings is 1. The van der Waals surface area contributed by atoms with Gasteiger partial charge in [-0.3, -0.25) is 9.78 Å². The predicted octanol–water partition coefficient (Wildman–Crippen LogP) is 4.96. The Labute approximate surface area is 185 Å². The third-order valence-electron chi connectivity index (χ3n) is 5.63. The Balaban J connectivity index is 1.57. The lowest BCUT2D eigenvalue weighted by Crippen LogP contribution is -2.22. The Kier molecular flexibility index (Phi) is 5.11. The van der Waals surface area contributed by atoms with E-state index in [1.807, 2.05) is 37.4 Å².